The summed E-state index contributed by atoms with van der Waals surface area (Å²) in [6, 6.07) is 8.45. The van der Waals surface area contributed by atoms with Gasteiger partial charge in [-0.25, -0.2) is 4.79 Å². The molecule has 1 aliphatic rings. The highest BCUT2D eigenvalue weighted by Crippen LogP contribution is 2.29. The molecular weight excluding hydrogens is 278 g/mol. The van der Waals surface area contributed by atoms with Gasteiger partial charge in [0, 0.05) is 17.7 Å². The van der Waals surface area contributed by atoms with Crippen LogP contribution >= 0.6 is 11.3 Å². The molecule has 0 spiro atoms. The van der Waals surface area contributed by atoms with Crippen molar-refractivity contribution in [2.24, 2.45) is 0 Å². The van der Waals surface area contributed by atoms with Crippen LogP contribution in [-0.4, -0.2) is 45.7 Å². The van der Waals surface area contributed by atoms with Crippen molar-refractivity contribution >= 4 is 33.3 Å². The molecule has 0 radical (unpaired) electrons. The molecule has 2 N–H and O–H groups in total. The number of rotatable bonds is 2. The number of likely N-dealkylation sites (tertiary alicyclic amines) is 1. The van der Waals surface area contributed by atoms with E-state index in [-0.39, 0.29) is 18.9 Å². The molecule has 1 fully saturated rings. The van der Waals surface area contributed by atoms with Crippen molar-refractivity contribution in [2.75, 3.05) is 6.54 Å². The van der Waals surface area contributed by atoms with Crippen LogP contribution in [0.1, 0.15) is 16.1 Å². The van der Waals surface area contributed by atoms with Crippen molar-refractivity contribution < 1.29 is 19.8 Å². The minimum atomic E-state index is -1.07. The molecule has 1 aromatic carbocycles. The van der Waals surface area contributed by atoms with E-state index in [2.05, 4.69) is 0 Å². The molecule has 1 amide bonds. The summed E-state index contributed by atoms with van der Waals surface area (Å²) in [5.74, 6) is -1.40. The van der Waals surface area contributed by atoms with E-state index in [9.17, 15) is 14.7 Å². The fraction of sp³-hybridized carbons (Fsp3) is 0.286. The third-order valence-corrected chi connectivity index (χ3v) is 4.57. The van der Waals surface area contributed by atoms with Crippen LogP contribution in [0.5, 0.6) is 0 Å². The predicted octanol–water partition coefficient (Wildman–Crippen LogP) is 1.56. The SMILES string of the molecule is O=C(O)[C@@H]1C[C@@H](O)CN1C(=O)c1cc2ccccc2s1. The van der Waals surface area contributed by atoms with E-state index in [1.165, 1.54) is 16.2 Å². The first-order chi connectivity index (χ1) is 9.56. The molecule has 1 aliphatic heterocycles. The standard InChI is InChI=1S/C14H13NO4S/c16-9-6-10(14(18)19)15(7-9)13(17)12-5-8-3-1-2-4-11(8)20-12/h1-5,9-10,16H,6-7H2,(H,18,19)/t9-,10+/m1/s1. The molecule has 3 rings (SSSR count). The van der Waals surface area contributed by atoms with E-state index in [4.69, 9.17) is 5.11 Å². The zero-order valence-corrected chi connectivity index (χ0v) is 11.3. The van der Waals surface area contributed by atoms with Gasteiger partial charge in [0.1, 0.15) is 6.04 Å². The summed E-state index contributed by atoms with van der Waals surface area (Å²) in [6.07, 6.45) is -0.680. The largest absolute Gasteiger partial charge is 0.480 e. The van der Waals surface area contributed by atoms with Crippen LogP contribution in [0.2, 0.25) is 0 Å². The highest BCUT2D eigenvalue weighted by molar-refractivity contribution is 7.20. The second-order valence-electron chi connectivity index (χ2n) is 4.85. The van der Waals surface area contributed by atoms with E-state index >= 15 is 0 Å². The Morgan fingerprint density at radius 1 is 1.30 bits per heavy atom. The third-order valence-electron chi connectivity index (χ3n) is 3.46. The Kier molecular flexibility index (Phi) is 3.19. The highest BCUT2D eigenvalue weighted by Gasteiger charge is 2.39. The van der Waals surface area contributed by atoms with Gasteiger partial charge in [-0.1, -0.05) is 18.2 Å². The van der Waals surface area contributed by atoms with E-state index < -0.39 is 18.1 Å². The molecule has 0 saturated carbocycles. The van der Waals surface area contributed by atoms with E-state index in [0.717, 1.165) is 10.1 Å². The van der Waals surface area contributed by atoms with Crippen LogP contribution in [0, 0.1) is 0 Å². The summed E-state index contributed by atoms with van der Waals surface area (Å²) in [5, 5.41) is 19.7. The van der Waals surface area contributed by atoms with Crippen LogP contribution < -0.4 is 0 Å². The number of aliphatic hydroxyl groups is 1. The normalized spacial score (nSPS) is 22.4. The molecule has 0 aliphatic carbocycles. The maximum Gasteiger partial charge on any atom is 0.326 e. The molecule has 1 saturated heterocycles. The number of hydrogen-bond donors (Lipinski definition) is 2. The molecule has 1 aromatic heterocycles. The van der Waals surface area contributed by atoms with Crippen molar-refractivity contribution in [1.82, 2.24) is 4.90 Å². The average Bonchev–Trinajstić information content (AvgIpc) is 3.01. The topological polar surface area (TPSA) is 77.8 Å². The number of benzene rings is 1. The summed E-state index contributed by atoms with van der Waals surface area (Å²) < 4.78 is 0.988. The van der Waals surface area contributed by atoms with Gasteiger partial charge in [0.05, 0.1) is 11.0 Å². The first-order valence-corrected chi connectivity index (χ1v) is 7.08. The minimum Gasteiger partial charge on any atom is -0.480 e. The van der Waals surface area contributed by atoms with Gasteiger partial charge in [0.15, 0.2) is 0 Å². The number of carboxylic acids is 1. The number of aliphatic hydroxyl groups excluding tert-OH is 1. The maximum absolute atomic E-state index is 12.4. The molecule has 6 heteroatoms. The van der Waals surface area contributed by atoms with Crippen molar-refractivity contribution in [2.45, 2.75) is 18.6 Å². The van der Waals surface area contributed by atoms with Gasteiger partial charge < -0.3 is 15.1 Å². The zero-order valence-electron chi connectivity index (χ0n) is 10.5. The second-order valence-corrected chi connectivity index (χ2v) is 5.93. The van der Waals surface area contributed by atoms with Crippen molar-refractivity contribution in [3.05, 3.63) is 35.2 Å². The Bertz CT molecular complexity index is 648. The van der Waals surface area contributed by atoms with Crippen LogP contribution in [0.4, 0.5) is 0 Å². The number of carbonyl (C=O) groups is 2. The van der Waals surface area contributed by atoms with Crippen LogP contribution in [0.3, 0.4) is 0 Å². The Labute approximate surface area is 119 Å². The second kappa shape index (κ2) is 4.88. The Balaban J connectivity index is 1.93. The van der Waals surface area contributed by atoms with Gasteiger partial charge in [-0.05, 0) is 17.5 Å². The lowest BCUT2D eigenvalue weighted by molar-refractivity contribution is -0.141. The molecule has 20 heavy (non-hydrogen) atoms. The summed E-state index contributed by atoms with van der Waals surface area (Å²) in [7, 11) is 0. The Hall–Kier alpha value is -1.92. The summed E-state index contributed by atoms with van der Waals surface area (Å²) in [6.45, 7) is 0.0735. The Morgan fingerprint density at radius 3 is 2.75 bits per heavy atom. The first kappa shape index (κ1) is 13.1. The van der Waals surface area contributed by atoms with E-state index in [1.54, 1.807) is 6.07 Å². The summed E-state index contributed by atoms with van der Waals surface area (Å²) >= 11 is 1.34. The molecule has 2 aromatic rings. The minimum absolute atomic E-state index is 0.0735. The monoisotopic (exact) mass is 291 g/mol. The molecule has 5 nitrogen and oxygen atoms in total. The third kappa shape index (κ3) is 2.17. The predicted molar refractivity (Wildman–Crippen MR) is 74.9 cm³/mol. The van der Waals surface area contributed by atoms with Gasteiger partial charge in [0.2, 0.25) is 0 Å². The fourth-order valence-electron chi connectivity index (χ4n) is 2.50. The van der Waals surface area contributed by atoms with Crippen LogP contribution in [-0.2, 0) is 4.79 Å². The summed E-state index contributed by atoms with van der Waals surface area (Å²) in [4.78, 5) is 25.4. The molecule has 2 atom stereocenters. The number of aliphatic carboxylic acids is 1. The molecule has 0 unspecified atom stereocenters. The summed E-state index contributed by atoms with van der Waals surface area (Å²) in [5.41, 5.74) is 0. The average molecular weight is 291 g/mol. The molecule has 2 heterocycles. The van der Waals surface area contributed by atoms with Gasteiger partial charge in [-0.2, -0.15) is 0 Å². The number of amides is 1. The van der Waals surface area contributed by atoms with Crippen molar-refractivity contribution in [1.29, 1.82) is 0 Å². The number of carboxylic acid groups (broad SMARTS) is 1. The highest BCUT2D eigenvalue weighted by atomic mass is 32.1. The lowest BCUT2D eigenvalue weighted by Crippen LogP contribution is -2.40. The smallest absolute Gasteiger partial charge is 0.326 e. The molecular formula is C14H13NO4S. The lowest BCUT2D eigenvalue weighted by Gasteiger charge is -2.20. The quantitative estimate of drug-likeness (QED) is 0.880. The molecule has 104 valence electrons. The number of fused-ring (bicyclic) bond motifs is 1. The fourth-order valence-corrected chi connectivity index (χ4v) is 3.52. The van der Waals surface area contributed by atoms with Crippen molar-refractivity contribution in [3.63, 3.8) is 0 Å². The maximum atomic E-state index is 12.4. The Morgan fingerprint density at radius 2 is 2.05 bits per heavy atom. The number of carbonyl (C=O) groups excluding carboxylic acids is 1. The number of thiophene rings is 1. The lowest BCUT2D eigenvalue weighted by atomic mass is 10.2. The van der Waals surface area contributed by atoms with Gasteiger partial charge >= 0.3 is 5.97 Å². The number of nitrogens with zero attached hydrogens (tertiary/aromatic N) is 1. The zero-order chi connectivity index (χ0) is 14.3. The van der Waals surface area contributed by atoms with E-state index in [1.807, 2.05) is 24.3 Å². The van der Waals surface area contributed by atoms with E-state index in [0.29, 0.717) is 4.88 Å². The number of hydrogen-bond acceptors (Lipinski definition) is 4. The van der Waals surface area contributed by atoms with Gasteiger partial charge in [-0.3, -0.25) is 4.79 Å². The van der Waals surface area contributed by atoms with Crippen LogP contribution in [0.15, 0.2) is 30.3 Å². The van der Waals surface area contributed by atoms with Gasteiger partial charge in [-0.15, -0.1) is 11.3 Å². The molecule has 0 bridgehead atoms. The number of β-amino-alcohol motifs (C(OH)–C–C–N with tert-alkyl or cyclic N) is 1. The van der Waals surface area contributed by atoms with Crippen molar-refractivity contribution in [3.8, 4) is 0 Å². The van der Waals surface area contributed by atoms with Gasteiger partial charge in [0.25, 0.3) is 5.91 Å². The first-order valence-electron chi connectivity index (χ1n) is 6.26. The van der Waals surface area contributed by atoms with Crippen LogP contribution in [0.25, 0.3) is 10.1 Å².